The van der Waals surface area contributed by atoms with E-state index in [4.69, 9.17) is 0 Å². The fourth-order valence-corrected chi connectivity index (χ4v) is 4.46. The summed E-state index contributed by atoms with van der Waals surface area (Å²) < 4.78 is 0. The van der Waals surface area contributed by atoms with E-state index in [2.05, 4.69) is 58.9 Å². The van der Waals surface area contributed by atoms with Gasteiger partial charge in [0, 0.05) is 0 Å². The van der Waals surface area contributed by atoms with Crippen molar-refractivity contribution in [3.63, 3.8) is 0 Å². The van der Waals surface area contributed by atoms with Crippen LogP contribution >= 0.6 is 0 Å². The maximum atomic E-state index is 10.6. The van der Waals surface area contributed by atoms with Crippen LogP contribution in [0, 0.1) is 5.92 Å². The van der Waals surface area contributed by atoms with Crippen LogP contribution in [0.1, 0.15) is 77.5 Å². The Morgan fingerprint density at radius 1 is 1.07 bits per heavy atom. The predicted molar refractivity (Wildman–Crippen MR) is 105 cm³/mol. The summed E-state index contributed by atoms with van der Waals surface area (Å²) in [5.74, 6) is -0.671. The number of fused-ring (bicyclic) bond motifs is 1. The molecule has 2 atom stereocenters. The van der Waals surface area contributed by atoms with E-state index < -0.39 is 5.97 Å². The molecule has 0 saturated heterocycles. The van der Waals surface area contributed by atoms with Gasteiger partial charge in [-0.3, -0.25) is 0 Å². The van der Waals surface area contributed by atoms with Crippen LogP contribution in [-0.4, -0.2) is 5.97 Å². The van der Waals surface area contributed by atoms with Crippen LogP contribution < -0.4 is 34.7 Å². The molecule has 3 heteroatoms. The molecule has 0 amide bonds. The van der Waals surface area contributed by atoms with Gasteiger partial charge in [0.15, 0.2) is 0 Å². The van der Waals surface area contributed by atoms with E-state index in [1.165, 1.54) is 29.5 Å². The molecular formula is C24H31NaO2. The van der Waals surface area contributed by atoms with Crippen LogP contribution in [0.4, 0.5) is 0 Å². The molecule has 0 bridgehead atoms. The topological polar surface area (TPSA) is 40.1 Å². The minimum absolute atomic E-state index is 0. The Morgan fingerprint density at radius 2 is 1.67 bits per heavy atom. The van der Waals surface area contributed by atoms with Crippen molar-refractivity contribution in [2.24, 2.45) is 5.92 Å². The van der Waals surface area contributed by atoms with Gasteiger partial charge in [0.05, 0.1) is 5.97 Å². The molecule has 1 aromatic rings. The first-order valence-corrected chi connectivity index (χ1v) is 9.69. The summed E-state index contributed by atoms with van der Waals surface area (Å²) in [4.78, 5) is 10.6. The van der Waals surface area contributed by atoms with Gasteiger partial charge in [0.1, 0.15) is 0 Å². The molecule has 3 rings (SSSR count). The molecule has 0 heterocycles. The number of hydrogen-bond donors (Lipinski definition) is 0. The van der Waals surface area contributed by atoms with E-state index in [-0.39, 0.29) is 45.8 Å². The van der Waals surface area contributed by atoms with E-state index >= 15 is 0 Å². The van der Waals surface area contributed by atoms with E-state index in [1.54, 1.807) is 6.92 Å². The Balaban J connectivity index is 0.00000261. The van der Waals surface area contributed by atoms with E-state index in [0.29, 0.717) is 5.92 Å². The third kappa shape index (κ3) is 4.44. The fourth-order valence-electron chi connectivity index (χ4n) is 4.46. The van der Waals surface area contributed by atoms with Gasteiger partial charge in [-0.25, -0.2) is 0 Å². The second kappa shape index (κ2) is 7.54. The van der Waals surface area contributed by atoms with Crippen molar-refractivity contribution in [1.29, 1.82) is 0 Å². The number of carbonyl (C=O) groups excluding carboxylic acids is 1. The second-order valence-electron chi connectivity index (χ2n) is 9.82. The maximum absolute atomic E-state index is 10.6. The Bertz CT molecular complexity index is 801. The summed E-state index contributed by atoms with van der Waals surface area (Å²) in [5.41, 5.74) is 5.79. The van der Waals surface area contributed by atoms with Crippen LogP contribution in [0.2, 0.25) is 0 Å². The molecule has 0 aromatic heterocycles. The maximum Gasteiger partial charge on any atom is 1.00 e. The summed E-state index contributed by atoms with van der Waals surface area (Å²) in [6.07, 6.45) is 8.80. The van der Waals surface area contributed by atoms with Gasteiger partial charge < -0.3 is 9.90 Å². The first-order valence-electron chi connectivity index (χ1n) is 9.69. The number of rotatable bonds is 4. The number of carboxylic acid groups (broad SMARTS) is 1. The van der Waals surface area contributed by atoms with Gasteiger partial charge in [-0.1, -0.05) is 65.0 Å². The van der Waals surface area contributed by atoms with Crippen LogP contribution in [0.3, 0.4) is 0 Å². The first-order chi connectivity index (χ1) is 12.0. The summed E-state index contributed by atoms with van der Waals surface area (Å²) in [7, 11) is 0. The molecule has 2 nitrogen and oxygen atoms in total. The molecule has 1 saturated carbocycles. The monoisotopic (exact) mass is 374 g/mol. The van der Waals surface area contributed by atoms with E-state index in [1.807, 2.05) is 6.08 Å². The number of carbonyl (C=O) groups is 1. The molecule has 140 valence electrons. The summed E-state index contributed by atoms with van der Waals surface area (Å²) in [6, 6.07) is 7.13. The van der Waals surface area contributed by atoms with Gasteiger partial charge in [0.2, 0.25) is 0 Å². The Labute approximate surface area is 186 Å². The first kappa shape index (κ1) is 22.5. The van der Waals surface area contributed by atoms with Crippen molar-refractivity contribution < 1.29 is 39.5 Å². The normalized spacial score (nSPS) is 28.4. The van der Waals surface area contributed by atoms with Crippen molar-refractivity contribution in [2.75, 3.05) is 0 Å². The zero-order valence-electron chi connectivity index (χ0n) is 18.0. The Hall–Kier alpha value is -0.830. The van der Waals surface area contributed by atoms with Crippen LogP contribution in [0.25, 0.3) is 0 Å². The van der Waals surface area contributed by atoms with Gasteiger partial charge in [-0.15, -0.1) is 0 Å². The van der Waals surface area contributed by atoms with Gasteiger partial charge in [-0.2, -0.15) is 0 Å². The second-order valence-corrected chi connectivity index (χ2v) is 9.82. The average molecular weight is 375 g/mol. The van der Waals surface area contributed by atoms with Gasteiger partial charge in [0.25, 0.3) is 0 Å². The van der Waals surface area contributed by atoms with E-state index in [0.717, 1.165) is 18.1 Å². The van der Waals surface area contributed by atoms with Crippen molar-refractivity contribution in [1.82, 2.24) is 0 Å². The zero-order valence-corrected chi connectivity index (χ0v) is 20.0. The minimum atomic E-state index is -1.13. The van der Waals surface area contributed by atoms with Crippen LogP contribution in [-0.2, 0) is 21.0 Å². The van der Waals surface area contributed by atoms with Gasteiger partial charge >= 0.3 is 29.6 Å². The molecule has 1 aromatic carbocycles. The Morgan fingerprint density at radius 3 is 2.26 bits per heavy atom. The quantitative estimate of drug-likeness (QED) is 0.456. The number of benzene rings is 1. The number of allylic oxidation sites excluding steroid dienone is 3. The molecule has 2 aliphatic carbocycles. The number of aliphatic carboxylic acids is 1. The summed E-state index contributed by atoms with van der Waals surface area (Å²) in [6.45, 7) is 13.6. The number of hydrogen-bond acceptors (Lipinski definition) is 2. The average Bonchev–Trinajstić information content (AvgIpc) is 3.21. The van der Waals surface area contributed by atoms with E-state index in [9.17, 15) is 9.90 Å². The van der Waals surface area contributed by atoms with Crippen molar-refractivity contribution in [3.8, 4) is 0 Å². The number of carboxylic acids is 1. The fraction of sp³-hybridized carbons (Fsp3) is 0.542. The third-order valence-corrected chi connectivity index (χ3v) is 6.75. The summed E-state index contributed by atoms with van der Waals surface area (Å²) >= 11 is 0. The van der Waals surface area contributed by atoms with Crippen molar-refractivity contribution in [2.45, 2.75) is 77.0 Å². The Kier molecular flexibility index (Phi) is 6.27. The van der Waals surface area contributed by atoms with Crippen LogP contribution in [0.15, 0.2) is 42.0 Å². The molecule has 0 radical (unpaired) electrons. The molecule has 0 N–H and O–H groups in total. The van der Waals surface area contributed by atoms with Gasteiger partial charge in [-0.05, 0) is 76.7 Å². The third-order valence-electron chi connectivity index (χ3n) is 6.75. The standard InChI is InChI=1S/C24H32O2.Na/c1-16(13-21(25)26)7-8-18-15-24(18,6)17-9-10-19-20(14-17)23(4,5)12-11-22(19,2)3;/h7-10,13-14,18H,11-12,15H2,1-6H3,(H,25,26);/q;+1/p-1/b8-7+,16-13+;/t18-,24-;/m1./s1. The SMILES string of the molecule is CC(/C=C/[C@@H]1C[C@]1(C)c1ccc2c(c1)C(C)(C)CCC2(C)C)=C\C(=O)[O-].[Na+]. The molecule has 2 aliphatic rings. The van der Waals surface area contributed by atoms with Crippen molar-refractivity contribution >= 4 is 5.97 Å². The zero-order chi connectivity index (χ0) is 19.3. The molecule has 27 heavy (non-hydrogen) atoms. The molecule has 1 fully saturated rings. The molecule has 0 spiro atoms. The molecular weight excluding hydrogens is 343 g/mol. The van der Waals surface area contributed by atoms with Crippen LogP contribution in [0.5, 0.6) is 0 Å². The smallest absolute Gasteiger partial charge is 0.545 e. The summed E-state index contributed by atoms with van der Waals surface area (Å²) in [5, 5.41) is 10.6. The predicted octanol–water partition coefficient (Wildman–Crippen LogP) is 1.57. The molecule has 0 aliphatic heterocycles. The van der Waals surface area contributed by atoms with Crippen molar-refractivity contribution in [3.05, 3.63) is 58.7 Å². The molecule has 0 unspecified atom stereocenters. The minimum Gasteiger partial charge on any atom is -0.545 e. The largest absolute Gasteiger partial charge is 1.00 e.